The second kappa shape index (κ2) is 9.93. The zero-order chi connectivity index (χ0) is 17.9. The van der Waals surface area contributed by atoms with Crippen molar-refractivity contribution >= 4 is 36.5 Å². The van der Waals surface area contributed by atoms with Crippen LogP contribution in [0.3, 0.4) is 0 Å². The minimum absolute atomic E-state index is 0. The number of pyridine rings is 1. The molecule has 4 rings (SSSR count). The van der Waals surface area contributed by atoms with Gasteiger partial charge in [-0.2, -0.15) is 0 Å². The normalized spacial score (nSPS) is 20.3. The van der Waals surface area contributed by atoms with Crippen molar-refractivity contribution < 1.29 is 19.0 Å². The molecule has 7 nitrogen and oxygen atoms in total. The summed E-state index contributed by atoms with van der Waals surface area (Å²) in [7, 11) is 0. The molecule has 0 aliphatic carbocycles. The molecule has 9 heteroatoms. The quantitative estimate of drug-likeness (QED) is 0.783. The number of halogens is 2. The van der Waals surface area contributed by atoms with Crippen molar-refractivity contribution in [2.75, 3.05) is 31.7 Å². The first-order valence-electron chi connectivity index (χ1n) is 8.73. The fraction of sp³-hybridized carbons (Fsp3) is 0.368. The van der Waals surface area contributed by atoms with Gasteiger partial charge in [-0.1, -0.05) is 6.07 Å². The molecule has 0 radical (unpaired) electrons. The van der Waals surface area contributed by atoms with Crippen LogP contribution in [0.1, 0.15) is 6.92 Å². The van der Waals surface area contributed by atoms with Crippen molar-refractivity contribution in [2.45, 2.75) is 19.1 Å². The molecule has 1 aromatic heterocycles. The van der Waals surface area contributed by atoms with E-state index in [2.05, 4.69) is 15.6 Å². The van der Waals surface area contributed by atoms with Gasteiger partial charge < -0.3 is 24.8 Å². The lowest BCUT2D eigenvalue weighted by Crippen LogP contribution is -2.53. The smallest absolute Gasteiger partial charge is 0.245 e. The highest BCUT2D eigenvalue weighted by Crippen LogP contribution is 2.34. The Balaban J connectivity index is 0.00000140. The minimum atomic E-state index is -0.386. The number of morpholine rings is 1. The maximum Gasteiger partial charge on any atom is 0.245 e. The summed E-state index contributed by atoms with van der Waals surface area (Å²) >= 11 is 0. The van der Waals surface area contributed by atoms with Gasteiger partial charge in [-0.15, -0.1) is 24.8 Å². The van der Waals surface area contributed by atoms with Gasteiger partial charge in [-0.25, -0.2) is 4.98 Å². The number of fused-ring (bicyclic) bond motifs is 1. The Bertz CT molecular complexity index is 822. The Hall–Kier alpha value is -2.06. The predicted octanol–water partition coefficient (Wildman–Crippen LogP) is 2.68. The summed E-state index contributed by atoms with van der Waals surface area (Å²) in [5.74, 6) is 1.80. The largest absolute Gasteiger partial charge is 0.486 e. The van der Waals surface area contributed by atoms with E-state index in [1.54, 1.807) is 6.07 Å². The van der Waals surface area contributed by atoms with E-state index in [0.717, 1.165) is 17.0 Å². The predicted molar refractivity (Wildman–Crippen MR) is 111 cm³/mol. The Morgan fingerprint density at radius 2 is 1.89 bits per heavy atom. The molecular formula is C19H23Cl2N3O4. The molecule has 0 spiro atoms. The maximum atomic E-state index is 12.5. The molecule has 28 heavy (non-hydrogen) atoms. The lowest BCUT2D eigenvalue weighted by atomic mass is 10.1. The van der Waals surface area contributed by atoms with Gasteiger partial charge in [-0.05, 0) is 37.3 Å². The topological polar surface area (TPSA) is 81.7 Å². The van der Waals surface area contributed by atoms with Gasteiger partial charge in [0.05, 0.1) is 18.4 Å². The highest BCUT2D eigenvalue weighted by atomic mass is 35.5. The van der Waals surface area contributed by atoms with Gasteiger partial charge in [0.1, 0.15) is 25.1 Å². The van der Waals surface area contributed by atoms with Gasteiger partial charge in [0, 0.05) is 12.1 Å². The van der Waals surface area contributed by atoms with Crippen molar-refractivity contribution in [3.05, 3.63) is 36.4 Å². The Morgan fingerprint density at radius 3 is 2.68 bits per heavy atom. The number of carbonyl (C=O) groups is 1. The van der Waals surface area contributed by atoms with Crippen LogP contribution in [-0.4, -0.2) is 49.4 Å². The second-order valence-electron chi connectivity index (χ2n) is 6.26. The lowest BCUT2D eigenvalue weighted by molar-refractivity contribution is -0.123. The molecule has 2 aliphatic rings. The van der Waals surface area contributed by atoms with Crippen LogP contribution in [0.4, 0.5) is 5.82 Å². The van der Waals surface area contributed by atoms with Gasteiger partial charge >= 0.3 is 0 Å². The summed E-state index contributed by atoms with van der Waals surface area (Å²) in [6, 6.07) is 10.9. The number of hydrogen-bond acceptors (Lipinski definition) is 6. The van der Waals surface area contributed by atoms with E-state index in [1.807, 2.05) is 37.3 Å². The SMILES string of the molecule is C[C@H]1OCCN[C@@H]1C(=O)Nc1cccc(-c2ccc3c(c2)OCCO3)n1.Cl.Cl. The standard InChI is InChI=1S/C19H21N3O4.2ClH/c1-12-18(20-7-8-24-12)19(23)22-17-4-2-3-14(21-17)13-5-6-15-16(11-13)26-10-9-25-15;;/h2-6,11-12,18,20H,7-10H2,1H3,(H,21,22,23);2*1H/t12-,18+;;/m1../s1. The van der Waals surface area contributed by atoms with E-state index in [9.17, 15) is 4.79 Å². The molecule has 1 aromatic carbocycles. The Morgan fingerprint density at radius 1 is 1.11 bits per heavy atom. The van der Waals surface area contributed by atoms with E-state index in [1.165, 1.54) is 0 Å². The second-order valence-corrected chi connectivity index (χ2v) is 6.26. The number of nitrogens with zero attached hydrogens (tertiary/aromatic N) is 1. The Labute approximate surface area is 176 Å². The van der Waals surface area contributed by atoms with E-state index >= 15 is 0 Å². The molecular weight excluding hydrogens is 405 g/mol. The molecule has 1 amide bonds. The number of rotatable bonds is 3. The van der Waals surface area contributed by atoms with Crippen molar-refractivity contribution in [3.63, 3.8) is 0 Å². The number of benzene rings is 1. The van der Waals surface area contributed by atoms with E-state index in [0.29, 0.717) is 37.9 Å². The average molecular weight is 428 g/mol. The van der Waals surface area contributed by atoms with Crippen LogP contribution in [0.2, 0.25) is 0 Å². The number of anilines is 1. The van der Waals surface area contributed by atoms with Crippen LogP contribution < -0.4 is 20.1 Å². The van der Waals surface area contributed by atoms with Gasteiger partial charge in [0.15, 0.2) is 11.5 Å². The highest BCUT2D eigenvalue weighted by Gasteiger charge is 2.28. The van der Waals surface area contributed by atoms with Gasteiger partial charge in [-0.3, -0.25) is 4.79 Å². The highest BCUT2D eigenvalue weighted by molar-refractivity contribution is 5.94. The van der Waals surface area contributed by atoms with Crippen LogP contribution in [-0.2, 0) is 9.53 Å². The third-order valence-electron chi connectivity index (χ3n) is 4.44. The summed E-state index contributed by atoms with van der Waals surface area (Å²) in [4.78, 5) is 17.0. The maximum absolute atomic E-state index is 12.5. The fourth-order valence-corrected chi connectivity index (χ4v) is 3.10. The number of amides is 1. The summed E-state index contributed by atoms with van der Waals surface area (Å²) in [5.41, 5.74) is 1.65. The molecule has 2 N–H and O–H groups in total. The molecule has 0 bridgehead atoms. The van der Waals surface area contributed by atoms with Crippen LogP contribution in [0.15, 0.2) is 36.4 Å². The number of aromatic nitrogens is 1. The fourth-order valence-electron chi connectivity index (χ4n) is 3.10. The summed E-state index contributed by atoms with van der Waals surface area (Å²) in [6.45, 7) is 4.25. The third kappa shape index (κ3) is 4.86. The van der Waals surface area contributed by atoms with Crippen LogP contribution >= 0.6 is 24.8 Å². The number of carbonyl (C=O) groups excluding carboxylic acids is 1. The third-order valence-corrected chi connectivity index (χ3v) is 4.44. The molecule has 1 fully saturated rings. The Kier molecular flexibility index (Phi) is 7.88. The molecule has 2 atom stereocenters. The first-order chi connectivity index (χ1) is 12.7. The number of nitrogens with one attached hydrogen (secondary N) is 2. The summed E-state index contributed by atoms with van der Waals surface area (Å²) < 4.78 is 16.7. The lowest BCUT2D eigenvalue weighted by Gasteiger charge is -2.29. The van der Waals surface area contributed by atoms with Gasteiger partial charge in [0.25, 0.3) is 0 Å². The molecule has 2 aliphatic heterocycles. The molecule has 3 heterocycles. The molecule has 2 aromatic rings. The number of hydrogen-bond donors (Lipinski definition) is 2. The van der Waals surface area contributed by atoms with Gasteiger partial charge in [0.2, 0.25) is 5.91 Å². The van der Waals surface area contributed by atoms with Crippen LogP contribution in [0, 0.1) is 0 Å². The minimum Gasteiger partial charge on any atom is -0.486 e. The van der Waals surface area contributed by atoms with Crippen molar-refractivity contribution in [2.24, 2.45) is 0 Å². The zero-order valence-electron chi connectivity index (χ0n) is 15.3. The average Bonchev–Trinajstić information content (AvgIpc) is 2.68. The van der Waals surface area contributed by atoms with Crippen molar-refractivity contribution in [1.29, 1.82) is 0 Å². The zero-order valence-corrected chi connectivity index (χ0v) is 17.0. The first-order valence-corrected chi connectivity index (χ1v) is 8.73. The van der Waals surface area contributed by atoms with Crippen molar-refractivity contribution in [1.82, 2.24) is 10.3 Å². The molecule has 0 saturated carbocycles. The van der Waals surface area contributed by atoms with E-state index in [4.69, 9.17) is 14.2 Å². The van der Waals surface area contributed by atoms with E-state index in [-0.39, 0.29) is 42.9 Å². The van der Waals surface area contributed by atoms with Crippen molar-refractivity contribution in [3.8, 4) is 22.8 Å². The first kappa shape index (κ1) is 22.2. The molecule has 152 valence electrons. The van der Waals surface area contributed by atoms with E-state index < -0.39 is 0 Å². The van der Waals surface area contributed by atoms with Crippen LogP contribution in [0.25, 0.3) is 11.3 Å². The monoisotopic (exact) mass is 427 g/mol. The van der Waals surface area contributed by atoms with Crippen LogP contribution in [0.5, 0.6) is 11.5 Å². The summed E-state index contributed by atoms with van der Waals surface area (Å²) in [5, 5.41) is 6.04. The molecule has 0 unspecified atom stereocenters. The summed E-state index contributed by atoms with van der Waals surface area (Å²) in [6.07, 6.45) is -0.176. The molecule has 1 saturated heterocycles. The number of ether oxygens (including phenoxy) is 3.